The third-order valence-corrected chi connectivity index (χ3v) is 39.8. The topological polar surface area (TPSA) is 83.1 Å². The van der Waals surface area contributed by atoms with Gasteiger partial charge < -0.3 is 42.6 Å². The normalized spacial score (nSPS) is 47.5. The molecule has 0 heterocycles. The van der Waals surface area contributed by atoms with E-state index >= 15 is 0 Å². The average molecular weight is 1620 g/mol. The van der Waals surface area contributed by atoms with Crippen molar-refractivity contribution >= 4 is 0 Å². The van der Waals surface area contributed by atoms with E-state index in [4.69, 9.17) is 42.6 Å². The van der Waals surface area contributed by atoms with Crippen LogP contribution in [0.1, 0.15) is 378 Å². The Kier molecular flexibility index (Phi) is 31.1. The van der Waals surface area contributed by atoms with Gasteiger partial charge in [0.15, 0.2) is 0 Å². The van der Waals surface area contributed by atoms with Crippen molar-refractivity contribution in [3.63, 3.8) is 0 Å². The lowest BCUT2D eigenvalue weighted by Gasteiger charge is -2.59. The first kappa shape index (κ1) is 93.3. The van der Waals surface area contributed by atoms with Crippen LogP contribution in [-0.2, 0) is 42.6 Å². The standard InChI is InChI=1S/C14H22O.C13H22O.C13H24O.C12H20O.2C12H22O.C11H20O.C11H22O.C9H16O/c1-2-15-12-7-10-6-11(12)14-9-4-3-8(5-9)13(10)14;1-3-14-13(2)11-5-9-4-10(7-11)8-12(13)6-9;1-6-14-11-9-7-8-10(12(9,2)3)13(11,4)5;1-2-13-12-7-8-6-11(12)10-5-3-4-9(8)10;1-5-13-10-11(2,3)9-6-7-12(10,4)8-9;1-4-13-8-9-7-10-5-6-11(9)12(10,2)3;1-4-12-10-8-5-6-9(7-8)11(10,2)3;1-5-12-10-6-9(2)7-11(3,4)8-10;1-2-10-9-6-7-3-4-8(9)5-7/h8-14H,2-7H2,1H3;9-12H,3-8H2,1-2H3;9-11H,6-8H2,1-5H3;8-12H,2-7H2,1H3;9-10H,5-8H2,1-4H3;9-11H,4-8H2,1-3H3;8-10H,4-7H2,1-3H3;9-10H,5-8H2,1-4H3;7-9H,2-6H2,1H3. The van der Waals surface area contributed by atoms with Crippen molar-refractivity contribution in [3.05, 3.63) is 0 Å². The Morgan fingerprint density at radius 3 is 1.43 bits per heavy atom. The maximum Gasteiger partial charge on any atom is 0.0710 e. The van der Waals surface area contributed by atoms with E-state index in [1.54, 1.807) is 19.3 Å². The molecular weight excluding hydrogens is 1430 g/mol. The van der Waals surface area contributed by atoms with Gasteiger partial charge in [-0.1, -0.05) is 103 Å². The van der Waals surface area contributed by atoms with Gasteiger partial charge in [-0.05, 0) is 461 Å². The number of hydrogen-bond donors (Lipinski definition) is 0. The maximum absolute atomic E-state index is 6.11. The monoisotopic (exact) mass is 1620 g/mol. The summed E-state index contributed by atoms with van der Waals surface area (Å²) in [6.45, 7) is 64.2. The molecule has 29 unspecified atom stereocenters. The zero-order valence-corrected chi connectivity index (χ0v) is 80.6. The molecule has 29 atom stereocenters. The zero-order valence-electron chi connectivity index (χ0n) is 80.6. The van der Waals surface area contributed by atoms with Crippen molar-refractivity contribution in [2.75, 3.05) is 66.1 Å². The summed E-state index contributed by atoms with van der Waals surface area (Å²) in [7, 11) is 0. The van der Waals surface area contributed by atoms with E-state index in [0.717, 1.165) is 214 Å². The molecule has 22 fully saturated rings. The molecule has 22 rings (SSSR count). The van der Waals surface area contributed by atoms with Crippen LogP contribution in [0.25, 0.3) is 0 Å². The minimum atomic E-state index is 0.252. The second-order valence-electron chi connectivity index (χ2n) is 48.4. The third-order valence-electron chi connectivity index (χ3n) is 39.8. The Morgan fingerprint density at radius 1 is 0.310 bits per heavy atom. The van der Waals surface area contributed by atoms with Gasteiger partial charge in [0.25, 0.3) is 0 Å². The predicted octanol–water partition coefficient (Wildman–Crippen LogP) is 27.3. The Balaban J connectivity index is 0.000000114. The number of hydrogen-bond acceptors (Lipinski definition) is 9. The fraction of sp³-hybridized carbons (Fsp3) is 1.00. The van der Waals surface area contributed by atoms with Gasteiger partial charge in [-0.15, -0.1) is 0 Å². The second kappa shape index (κ2) is 38.7. The zero-order chi connectivity index (χ0) is 83.2. The summed E-state index contributed by atoms with van der Waals surface area (Å²) < 4.78 is 52.6. The fourth-order valence-corrected chi connectivity index (χ4v) is 35.5. The molecule has 0 aromatic carbocycles. The van der Waals surface area contributed by atoms with Gasteiger partial charge in [-0.2, -0.15) is 0 Å². The maximum atomic E-state index is 6.11. The minimum Gasteiger partial charge on any atom is -0.381 e. The molecule has 0 amide bonds. The highest BCUT2D eigenvalue weighted by atomic mass is 16.5. The Morgan fingerprint density at radius 2 is 0.888 bits per heavy atom. The fourth-order valence-electron chi connectivity index (χ4n) is 35.5. The van der Waals surface area contributed by atoms with Crippen molar-refractivity contribution in [1.82, 2.24) is 0 Å². The number of ether oxygens (including phenoxy) is 9. The van der Waals surface area contributed by atoms with E-state index in [2.05, 4.69) is 166 Å². The molecule has 22 aliphatic carbocycles. The molecule has 0 radical (unpaired) electrons. The molecule has 9 nitrogen and oxygen atoms in total. The molecule has 0 N–H and O–H groups in total. The van der Waals surface area contributed by atoms with Gasteiger partial charge in [0.05, 0.1) is 48.3 Å². The predicted molar refractivity (Wildman–Crippen MR) is 481 cm³/mol. The van der Waals surface area contributed by atoms with Crippen LogP contribution in [0, 0.1) is 186 Å². The SMILES string of the molecule is CCOC1(C)C2CC3CC(C2)CC1C3.CCOC1C2(C)CCC(C2)C1(C)C.CCOC1C2CCC(C2(C)C)C1(C)C.CCOC1C2CCC(C2)C1(C)C.CCOC1CC(C)CC(C)(C)C1.CCOC1CC2CC1C1C3CCC(C3)C21.CCOC1CC2CC1C1CCCC21.CCOC1CC2CCC1C2.CCOCC1CC2CCC1C2(C)C. The molecular formula is C107H190O9. The van der Waals surface area contributed by atoms with Gasteiger partial charge in [0.2, 0.25) is 0 Å². The largest absolute Gasteiger partial charge is 0.381 e. The van der Waals surface area contributed by atoms with Crippen molar-refractivity contribution in [1.29, 1.82) is 0 Å². The van der Waals surface area contributed by atoms with E-state index in [1.165, 1.54) is 193 Å². The van der Waals surface area contributed by atoms with E-state index in [1.807, 2.05) is 0 Å². The van der Waals surface area contributed by atoms with E-state index in [9.17, 15) is 0 Å². The summed E-state index contributed by atoms with van der Waals surface area (Å²) in [6, 6.07) is 0. The van der Waals surface area contributed by atoms with Crippen molar-refractivity contribution in [3.8, 4) is 0 Å². The van der Waals surface area contributed by atoms with Crippen molar-refractivity contribution < 1.29 is 42.6 Å². The summed E-state index contributed by atoms with van der Waals surface area (Å²) in [5.41, 5.74) is 3.62. The lowest BCUT2D eigenvalue weighted by atomic mass is 9.50. The summed E-state index contributed by atoms with van der Waals surface area (Å²) >= 11 is 0. The molecule has 0 spiro atoms. The first-order valence-corrected chi connectivity index (χ1v) is 51.7. The van der Waals surface area contributed by atoms with Gasteiger partial charge >= 0.3 is 0 Å². The Labute approximate surface area is 716 Å². The highest BCUT2D eigenvalue weighted by molar-refractivity contribution is 5.15. The third kappa shape index (κ3) is 19.1. The quantitative estimate of drug-likeness (QED) is 0.117. The minimum absolute atomic E-state index is 0.252. The van der Waals surface area contributed by atoms with Gasteiger partial charge in [-0.25, -0.2) is 0 Å². The molecule has 22 saturated carbocycles. The molecule has 0 saturated heterocycles. The molecule has 9 heteroatoms. The summed E-state index contributed by atoms with van der Waals surface area (Å²) in [4.78, 5) is 0. The van der Waals surface area contributed by atoms with Crippen LogP contribution in [-0.4, -0.2) is 114 Å². The summed E-state index contributed by atoms with van der Waals surface area (Å²) in [6.07, 6.45) is 51.7. The highest BCUT2D eigenvalue weighted by Gasteiger charge is 2.66. The van der Waals surface area contributed by atoms with Crippen LogP contribution >= 0.6 is 0 Å². The van der Waals surface area contributed by atoms with Crippen LogP contribution < -0.4 is 0 Å². The van der Waals surface area contributed by atoms with Crippen molar-refractivity contribution in [2.45, 2.75) is 426 Å². The first-order chi connectivity index (χ1) is 55.2. The molecule has 0 aromatic heterocycles. The van der Waals surface area contributed by atoms with Gasteiger partial charge in [0.1, 0.15) is 0 Å². The average Bonchev–Trinajstić information content (AvgIpc) is 1.33. The molecule has 0 aromatic rings. The second-order valence-corrected chi connectivity index (χ2v) is 48.4. The lowest BCUT2D eigenvalue weighted by molar-refractivity contribution is -0.191. The highest BCUT2D eigenvalue weighted by Crippen LogP contribution is 2.70. The smallest absolute Gasteiger partial charge is 0.0710 e. The summed E-state index contributed by atoms with van der Waals surface area (Å²) in [5.74, 6) is 24.6. The van der Waals surface area contributed by atoms with E-state index in [-0.39, 0.29) is 5.60 Å². The van der Waals surface area contributed by atoms with E-state index in [0.29, 0.717) is 80.6 Å². The van der Waals surface area contributed by atoms with E-state index < -0.39 is 0 Å². The first-order valence-electron chi connectivity index (χ1n) is 51.7. The van der Waals surface area contributed by atoms with Crippen LogP contribution in [0.2, 0.25) is 0 Å². The molecule has 0 aliphatic heterocycles. The van der Waals surface area contributed by atoms with Crippen LogP contribution in [0.5, 0.6) is 0 Å². The number of fused-ring (bicyclic) bond motifs is 24. The molecule has 20 bridgehead atoms. The Bertz CT molecular complexity index is 2970. The molecule has 116 heavy (non-hydrogen) atoms. The summed E-state index contributed by atoms with van der Waals surface area (Å²) in [5, 5.41) is 0. The van der Waals surface area contributed by atoms with Crippen LogP contribution in [0.4, 0.5) is 0 Å². The van der Waals surface area contributed by atoms with Gasteiger partial charge in [0, 0.05) is 66.1 Å². The lowest BCUT2D eigenvalue weighted by Crippen LogP contribution is -2.57. The van der Waals surface area contributed by atoms with Gasteiger partial charge in [-0.3, -0.25) is 0 Å². The molecule has 22 aliphatic rings. The van der Waals surface area contributed by atoms with Crippen LogP contribution in [0.3, 0.4) is 0 Å². The molecule has 672 valence electrons. The number of rotatable bonds is 19. The van der Waals surface area contributed by atoms with Crippen LogP contribution in [0.15, 0.2) is 0 Å². The Hall–Kier alpha value is -0.360. The van der Waals surface area contributed by atoms with Crippen molar-refractivity contribution in [2.24, 2.45) is 186 Å².